The van der Waals surface area contributed by atoms with Gasteiger partial charge >= 0.3 is 0 Å². The van der Waals surface area contributed by atoms with Crippen molar-refractivity contribution < 1.29 is 5.11 Å². The van der Waals surface area contributed by atoms with Gasteiger partial charge in [0.15, 0.2) is 0 Å². The van der Waals surface area contributed by atoms with Crippen molar-refractivity contribution in [3.8, 4) is 0 Å². The van der Waals surface area contributed by atoms with Crippen LogP contribution >= 0.6 is 23.1 Å². The van der Waals surface area contributed by atoms with Crippen molar-refractivity contribution in [2.45, 2.75) is 9.81 Å². The first-order valence-corrected chi connectivity index (χ1v) is 7.25. The molecule has 90 valence electrons. The third-order valence-corrected chi connectivity index (χ3v) is 4.94. The molecule has 1 aromatic carbocycles. The lowest BCUT2D eigenvalue weighted by Gasteiger charge is -2.26. The highest BCUT2D eigenvalue weighted by atomic mass is 32.2. The summed E-state index contributed by atoms with van der Waals surface area (Å²) in [5.74, 6) is 0.577. The Morgan fingerprint density at radius 2 is 1.94 bits per heavy atom. The summed E-state index contributed by atoms with van der Waals surface area (Å²) in [6.45, 7) is 0.232. The summed E-state index contributed by atoms with van der Waals surface area (Å²) < 4.78 is 1.20. The fourth-order valence-corrected chi connectivity index (χ4v) is 3.45. The molecule has 0 saturated heterocycles. The molecule has 0 radical (unpaired) electrons. The second-order valence-electron chi connectivity index (χ2n) is 3.82. The minimum atomic E-state index is -0.948. The van der Waals surface area contributed by atoms with Gasteiger partial charge in [0.2, 0.25) is 0 Å². The number of rotatable bonds is 5. The van der Waals surface area contributed by atoms with Gasteiger partial charge in [-0.25, -0.2) is 0 Å². The molecule has 4 heteroatoms. The summed E-state index contributed by atoms with van der Waals surface area (Å²) >= 11 is 3.32. The molecule has 0 fully saturated rings. The summed E-state index contributed by atoms with van der Waals surface area (Å²) in [4.78, 5) is 0. The van der Waals surface area contributed by atoms with Crippen LogP contribution in [0.2, 0.25) is 0 Å². The molecule has 17 heavy (non-hydrogen) atoms. The van der Waals surface area contributed by atoms with Crippen LogP contribution in [0, 0.1) is 0 Å². The minimum Gasteiger partial charge on any atom is -0.383 e. The van der Waals surface area contributed by atoms with Crippen molar-refractivity contribution in [2.75, 3.05) is 12.3 Å². The molecule has 0 amide bonds. The standard InChI is InChI=1S/C13H15NOS2/c14-9-13(15,11-5-2-1-3-6-11)10-17-12-7-4-8-16-12/h1-8,15H,9-10,14H2. The maximum atomic E-state index is 10.5. The van der Waals surface area contributed by atoms with E-state index in [1.165, 1.54) is 4.21 Å². The SMILES string of the molecule is NCC(O)(CSc1cccs1)c1ccccc1. The maximum absolute atomic E-state index is 10.5. The third-order valence-electron chi connectivity index (χ3n) is 2.60. The minimum absolute atomic E-state index is 0.232. The summed E-state index contributed by atoms with van der Waals surface area (Å²) in [5, 5.41) is 12.6. The number of thiophene rings is 1. The average Bonchev–Trinajstić information content (AvgIpc) is 2.90. The van der Waals surface area contributed by atoms with Crippen molar-refractivity contribution in [1.29, 1.82) is 0 Å². The summed E-state index contributed by atoms with van der Waals surface area (Å²) in [6, 6.07) is 13.7. The first-order chi connectivity index (χ1) is 8.24. The molecule has 0 saturated carbocycles. The highest BCUT2D eigenvalue weighted by molar-refractivity contribution is 8.01. The lowest BCUT2D eigenvalue weighted by molar-refractivity contribution is 0.0721. The summed E-state index contributed by atoms with van der Waals surface area (Å²) in [6.07, 6.45) is 0. The zero-order valence-electron chi connectivity index (χ0n) is 9.37. The summed E-state index contributed by atoms with van der Waals surface area (Å²) in [7, 11) is 0. The molecular weight excluding hydrogens is 250 g/mol. The first-order valence-electron chi connectivity index (χ1n) is 5.39. The van der Waals surface area contributed by atoms with Gasteiger partial charge in [0, 0.05) is 12.3 Å². The molecule has 3 N–H and O–H groups in total. The topological polar surface area (TPSA) is 46.2 Å². The molecule has 2 nitrogen and oxygen atoms in total. The van der Waals surface area contributed by atoms with Gasteiger partial charge in [-0.3, -0.25) is 0 Å². The monoisotopic (exact) mass is 265 g/mol. The Labute approximate surface area is 109 Å². The predicted molar refractivity (Wildman–Crippen MR) is 74.4 cm³/mol. The quantitative estimate of drug-likeness (QED) is 0.817. The van der Waals surface area contributed by atoms with E-state index in [4.69, 9.17) is 5.73 Å². The first kappa shape index (κ1) is 12.6. The van der Waals surface area contributed by atoms with Gasteiger partial charge < -0.3 is 10.8 Å². The highest BCUT2D eigenvalue weighted by Gasteiger charge is 2.27. The molecule has 0 aliphatic rings. The highest BCUT2D eigenvalue weighted by Crippen LogP contribution is 2.31. The number of aliphatic hydroxyl groups is 1. The number of thioether (sulfide) groups is 1. The Hall–Kier alpha value is -0.810. The lowest BCUT2D eigenvalue weighted by atomic mass is 9.96. The van der Waals surface area contributed by atoms with Crippen LogP contribution in [0.5, 0.6) is 0 Å². The lowest BCUT2D eigenvalue weighted by Crippen LogP contribution is -2.37. The van der Waals surface area contributed by atoms with Gasteiger partial charge in [-0.15, -0.1) is 23.1 Å². The number of nitrogens with two attached hydrogens (primary N) is 1. The van der Waals surface area contributed by atoms with Crippen LogP contribution in [-0.2, 0) is 5.60 Å². The number of hydrogen-bond acceptors (Lipinski definition) is 4. The van der Waals surface area contributed by atoms with Crippen molar-refractivity contribution in [3.05, 3.63) is 53.4 Å². The van der Waals surface area contributed by atoms with E-state index in [1.807, 2.05) is 41.8 Å². The van der Waals surface area contributed by atoms with Gasteiger partial charge in [-0.1, -0.05) is 36.4 Å². The van der Waals surface area contributed by atoms with Crippen LogP contribution in [0.15, 0.2) is 52.1 Å². The van der Waals surface area contributed by atoms with E-state index in [-0.39, 0.29) is 6.54 Å². The Morgan fingerprint density at radius 1 is 1.18 bits per heavy atom. The second-order valence-corrected chi connectivity index (χ2v) is 6.05. The molecule has 1 aromatic heterocycles. The van der Waals surface area contributed by atoms with Crippen molar-refractivity contribution in [2.24, 2.45) is 5.73 Å². The zero-order chi connectivity index (χ0) is 12.1. The molecule has 0 aliphatic heterocycles. The van der Waals surface area contributed by atoms with Gasteiger partial charge in [-0.05, 0) is 17.0 Å². The Kier molecular flexibility index (Phi) is 4.23. The summed E-state index contributed by atoms with van der Waals surface area (Å²) in [5.41, 5.74) is 5.65. The number of benzene rings is 1. The predicted octanol–water partition coefficient (Wildman–Crippen LogP) is 2.69. The van der Waals surface area contributed by atoms with E-state index >= 15 is 0 Å². The van der Waals surface area contributed by atoms with E-state index in [9.17, 15) is 5.11 Å². The smallest absolute Gasteiger partial charge is 0.111 e. The molecule has 2 aromatic rings. The van der Waals surface area contributed by atoms with Crippen molar-refractivity contribution in [3.63, 3.8) is 0 Å². The van der Waals surface area contributed by atoms with Gasteiger partial charge in [-0.2, -0.15) is 0 Å². The Bertz CT molecular complexity index is 444. The molecule has 1 heterocycles. The van der Waals surface area contributed by atoms with E-state index in [2.05, 4.69) is 6.07 Å². The van der Waals surface area contributed by atoms with Gasteiger partial charge in [0.05, 0.1) is 4.21 Å². The van der Waals surface area contributed by atoms with Crippen molar-refractivity contribution in [1.82, 2.24) is 0 Å². The maximum Gasteiger partial charge on any atom is 0.111 e. The van der Waals surface area contributed by atoms with Gasteiger partial charge in [0.25, 0.3) is 0 Å². The van der Waals surface area contributed by atoms with Crippen molar-refractivity contribution >= 4 is 23.1 Å². The van der Waals surface area contributed by atoms with Crippen LogP contribution < -0.4 is 5.73 Å². The Morgan fingerprint density at radius 3 is 2.53 bits per heavy atom. The van der Waals surface area contributed by atoms with E-state index in [0.29, 0.717) is 5.75 Å². The molecule has 0 bridgehead atoms. The van der Waals surface area contributed by atoms with Crippen LogP contribution in [0.3, 0.4) is 0 Å². The molecule has 0 aliphatic carbocycles. The largest absolute Gasteiger partial charge is 0.383 e. The van der Waals surface area contributed by atoms with E-state index in [0.717, 1.165) is 5.56 Å². The molecule has 0 spiro atoms. The number of hydrogen-bond donors (Lipinski definition) is 2. The van der Waals surface area contributed by atoms with Crippen LogP contribution in [-0.4, -0.2) is 17.4 Å². The normalized spacial score (nSPS) is 14.5. The fraction of sp³-hybridized carbons (Fsp3) is 0.231. The molecule has 1 atom stereocenters. The third kappa shape index (κ3) is 3.10. The Balaban J connectivity index is 2.09. The van der Waals surface area contributed by atoms with Crippen LogP contribution in [0.1, 0.15) is 5.56 Å². The van der Waals surface area contributed by atoms with Crippen LogP contribution in [0.25, 0.3) is 0 Å². The molecule has 2 rings (SSSR count). The van der Waals surface area contributed by atoms with Gasteiger partial charge in [0.1, 0.15) is 5.60 Å². The second kappa shape index (κ2) is 5.69. The van der Waals surface area contributed by atoms with Crippen LogP contribution in [0.4, 0.5) is 0 Å². The average molecular weight is 265 g/mol. The molecule has 1 unspecified atom stereocenters. The van der Waals surface area contributed by atoms with E-state index in [1.54, 1.807) is 23.1 Å². The zero-order valence-corrected chi connectivity index (χ0v) is 11.0. The van der Waals surface area contributed by atoms with E-state index < -0.39 is 5.60 Å². The molecular formula is C13H15NOS2. The fourth-order valence-electron chi connectivity index (χ4n) is 1.54.